The quantitative estimate of drug-likeness (QED) is 0.200. The van der Waals surface area contributed by atoms with Crippen LogP contribution in [0.15, 0.2) is 78.9 Å². The van der Waals surface area contributed by atoms with E-state index in [4.69, 9.17) is 4.74 Å². The number of carbonyl (C=O) groups excluding carboxylic acids is 3. The normalized spacial score (nSPS) is 26.7. The van der Waals surface area contributed by atoms with E-state index in [1.54, 1.807) is 45.6 Å². The highest BCUT2D eigenvalue weighted by atomic mass is 79.9. The van der Waals surface area contributed by atoms with E-state index in [0.717, 1.165) is 11.1 Å². The molecular formula is C34H35BrN6O5S. The average molecular weight is 720 g/mol. The Morgan fingerprint density at radius 3 is 2.57 bits per heavy atom. The lowest BCUT2D eigenvalue weighted by molar-refractivity contribution is -0.142. The molecule has 0 aliphatic carbocycles. The van der Waals surface area contributed by atoms with Crippen molar-refractivity contribution in [1.82, 2.24) is 25.2 Å². The number of rotatable bonds is 11. The molecule has 3 aromatic carbocycles. The summed E-state index contributed by atoms with van der Waals surface area (Å²) in [5.41, 5.74) is 3.00. The number of thioether (sulfide) groups is 1. The van der Waals surface area contributed by atoms with Gasteiger partial charge >= 0.3 is 0 Å². The van der Waals surface area contributed by atoms with Gasteiger partial charge in [-0.1, -0.05) is 63.6 Å². The maximum atomic E-state index is 14.7. The third-order valence-electron chi connectivity index (χ3n) is 9.45. The van der Waals surface area contributed by atoms with Crippen molar-refractivity contribution >= 4 is 62.1 Å². The molecule has 2 bridgehead atoms. The van der Waals surface area contributed by atoms with Gasteiger partial charge in [0.2, 0.25) is 17.7 Å². The van der Waals surface area contributed by atoms with Gasteiger partial charge < -0.3 is 25.4 Å². The molecule has 1 spiro atoms. The number of likely N-dealkylation sites (tertiary alicyclic amines) is 1. The average Bonchev–Trinajstić information content (AvgIpc) is 3.81. The highest BCUT2D eigenvalue weighted by molar-refractivity contribution is 9.09. The maximum Gasteiger partial charge on any atom is 0.245 e. The second kappa shape index (κ2) is 12.9. The molecule has 1 aromatic heterocycles. The van der Waals surface area contributed by atoms with Gasteiger partial charge in [0.05, 0.1) is 41.4 Å². The molecule has 13 heteroatoms. The molecule has 4 aromatic rings. The molecule has 3 amide bonds. The summed E-state index contributed by atoms with van der Waals surface area (Å²) in [5, 5.41) is 24.9. The number of carbonyl (C=O) groups is 3. The van der Waals surface area contributed by atoms with Crippen molar-refractivity contribution in [3.63, 3.8) is 0 Å². The largest absolute Gasteiger partial charge is 0.494 e. The minimum Gasteiger partial charge on any atom is -0.494 e. The van der Waals surface area contributed by atoms with E-state index in [-0.39, 0.29) is 41.1 Å². The summed E-state index contributed by atoms with van der Waals surface area (Å²) in [5.74, 6) is -1.65. The van der Waals surface area contributed by atoms with Crippen LogP contribution in [0, 0.1) is 11.8 Å². The second-order valence-corrected chi connectivity index (χ2v) is 14.9. The summed E-state index contributed by atoms with van der Waals surface area (Å²) in [7, 11) is 0. The number of aliphatic hydroxyl groups is 1. The molecule has 4 heterocycles. The summed E-state index contributed by atoms with van der Waals surface area (Å²) in [6, 6.07) is 22.6. The van der Waals surface area contributed by atoms with E-state index in [9.17, 15) is 19.5 Å². The number of amides is 3. The van der Waals surface area contributed by atoms with E-state index in [1.165, 1.54) is 0 Å². The fraction of sp³-hybridized carbons (Fsp3) is 0.382. The molecule has 0 saturated carbocycles. The maximum absolute atomic E-state index is 14.7. The molecule has 3 aliphatic heterocycles. The van der Waals surface area contributed by atoms with Gasteiger partial charge in [-0.3, -0.25) is 14.4 Å². The molecule has 7 rings (SSSR count). The Labute approximate surface area is 284 Å². The highest BCUT2D eigenvalue weighted by Crippen LogP contribution is 2.68. The molecule has 3 aliphatic rings. The number of para-hydroxylation sites is 1. The van der Waals surface area contributed by atoms with Crippen molar-refractivity contribution in [2.45, 2.75) is 53.3 Å². The van der Waals surface area contributed by atoms with Gasteiger partial charge in [-0.15, -0.1) is 16.9 Å². The molecule has 3 fully saturated rings. The Morgan fingerprint density at radius 2 is 1.83 bits per heavy atom. The predicted molar refractivity (Wildman–Crippen MR) is 182 cm³/mol. The molecular weight excluding hydrogens is 684 g/mol. The molecule has 11 nitrogen and oxygen atoms in total. The van der Waals surface area contributed by atoms with Crippen LogP contribution >= 0.6 is 27.7 Å². The standard InChI is InChI=1S/C34H35BrN6O5S/c1-2-46-23-14-12-21(13-15-23)37-31(43)27-28-33(45)41(22(18-42)16-20-8-4-3-5-9-20)30(34(28)17-24(35)29(27)47-34)32(44)36-19-40-26-11-7-6-10-25(26)38-39-40/h3-15,22,24,27-30,42H,2,16-19H2,1H3,(H,36,44)(H,37,43)/t22-,24?,27+,28+,29+,30?,34?/m1/s1. The van der Waals surface area contributed by atoms with Crippen LogP contribution in [0.3, 0.4) is 0 Å². The summed E-state index contributed by atoms with van der Waals surface area (Å²) in [6.07, 6.45) is 0.883. The first-order valence-corrected chi connectivity index (χ1v) is 17.5. The molecule has 7 atom stereocenters. The van der Waals surface area contributed by atoms with Crippen molar-refractivity contribution in [1.29, 1.82) is 0 Å². The summed E-state index contributed by atoms with van der Waals surface area (Å²) in [4.78, 5) is 44.6. The van der Waals surface area contributed by atoms with Crippen LogP contribution in [-0.2, 0) is 27.5 Å². The van der Waals surface area contributed by atoms with Crippen molar-refractivity contribution in [2.24, 2.45) is 11.8 Å². The minimum absolute atomic E-state index is 0.0502. The summed E-state index contributed by atoms with van der Waals surface area (Å²) < 4.78 is 6.26. The van der Waals surface area contributed by atoms with Crippen molar-refractivity contribution < 1.29 is 24.2 Å². The Hall–Kier alpha value is -3.94. The van der Waals surface area contributed by atoms with Crippen molar-refractivity contribution in [3.8, 4) is 5.75 Å². The van der Waals surface area contributed by atoms with Crippen LogP contribution in [0.1, 0.15) is 18.9 Å². The number of halogens is 1. The Balaban J connectivity index is 1.21. The third-order valence-corrected chi connectivity index (χ3v) is 12.7. The number of aliphatic hydroxyl groups excluding tert-OH is 1. The van der Waals surface area contributed by atoms with Crippen LogP contribution in [0.5, 0.6) is 5.75 Å². The van der Waals surface area contributed by atoms with Gasteiger partial charge in [-0.2, -0.15) is 0 Å². The number of nitrogens with one attached hydrogen (secondary N) is 2. The topological polar surface area (TPSA) is 139 Å². The molecule has 3 saturated heterocycles. The molecule has 244 valence electrons. The van der Waals surface area contributed by atoms with E-state index in [0.29, 0.717) is 36.4 Å². The molecule has 3 N–H and O–H groups in total. The van der Waals surface area contributed by atoms with Gasteiger partial charge in [-0.25, -0.2) is 4.68 Å². The van der Waals surface area contributed by atoms with Crippen molar-refractivity contribution in [3.05, 3.63) is 84.4 Å². The lowest BCUT2D eigenvalue weighted by Gasteiger charge is -2.37. The van der Waals surface area contributed by atoms with Gasteiger partial charge in [-0.05, 0) is 61.7 Å². The van der Waals surface area contributed by atoms with E-state index < -0.39 is 28.7 Å². The fourth-order valence-electron chi connectivity index (χ4n) is 7.51. The first kappa shape index (κ1) is 31.6. The summed E-state index contributed by atoms with van der Waals surface area (Å²) >= 11 is 5.37. The van der Waals surface area contributed by atoms with Crippen LogP contribution in [0.2, 0.25) is 0 Å². The Morgan fingerprint density at radius 1 is 1.09 bits per heavy atom. The first-order valence-electron chi connectivity index (χ1n) is 15.7. The SMILES string of the molecule is CCOc1ccc(NC(=O)[C@H]2[C@H]3C(=O)N([C@@H](CO)Cc4ccccc4)C(C(=O)NCn4nnc5ccccc54)C34CC(Br)[C@@H]2S4)cc1. The van der Waals surface area contributed by atoms with Crippen LogP contribution in [0.25, 0.3) is 11.0 Å². The second-order valence-electron chi connectivity index (χ2n) is 12.2. The molecule has 3 unspecified atom stereocenters. The number of anilines is 1. The monoisotopic (exact) mass is 718 g/mol. The molecule has 0 radical (unpaired) electrons. The number of benzene rings is 3. The van der Waals surface area contributed by atoms with Crippen LogP contribution < -0.4 is 15.4 Å². The lowest BCUT2D eigenvalue weighted by atomic mass is 9.70. The van der Waals surface area contributed by atoms with E-state index >= 15 is 0 Å². The van der Waals surface area contributed by atoms with Crippen LogP contribution in [0.4, 0.5) is 5.69 Å². The van der Waals surface area contributed by atoms with E-state index in [1.807, 2.05) is 61.5 Å². The minimum atomic E-state index is -0.922. The van der Waals surface area contributed by atoms with Crippen molar-refractivity contribution in [2.75, 3.05) is 18.5 Å². The van der Waals surface area contributed by atoms with Gasteiger partial charge in [0.25, 0.3) is 0 Å². The first-order chi connectivity index (χ1) is 22.8. The highest BCUT2D eigenvalue weighted by Gasteiger charge is 2.76. The lowest BCUT2D eigenvalue weighted by Crippen LogP contribution is -2.57. The Kier molecular flexibility index (Phi) is 8.71. The number of fused-ring (bicyclic) bond motifs is 2. The third kappa shape index (κ3) is 5.57. The molecule has 47 heavy (non-hydrogen) atoms. The number of ether oxygens (including phenoxy) is 1. The zero-order valence-corrected chi connectivity index (χ0v) is 28.1. The zero-order chi connectivity index (χ0) is 32.7. The Bertz CT molecular complexity index is 1790. The van der Waals surface area contributed by atoms with Gasteiger partial charge in [0.15, 0.2) is 0 Å². The number of alkyl halides is 1. The predicted octanol–water partition coefficient (Wildman–Crippen LogP) is 3.61. The van der Waals surface area contributed by atoms with E-state index in [2.05, 4.69) is 36.9 Å². The smallest absolute Gasteiger partial charge is 0.245 e. The van der Waals surface area contributed by atoms with Gasteiger partial charge in [0.1, 0.15) is 24.0 Å². The number of aromatic nitrogens is 3. The fourth-order valence-corrected chi connectivity index (χ4v) is 11.1. The zero-order valence-electron chi connectivity index (χ0n) is 25.7. The number of nitrogens with zero attached hydrogens (tertiary/aromatic N) is 4. The number of hydrogen-bond donors (Lipinski definition) is 3. The summed E-state index contributed by atoms with van der Waals surface area (Å²) in [6.45, 7) is 2.15. The van der Waals surface area contributed by atoms with Crippen LogP contribution in [-0.4, -0.2) is 82.8 Å². The number of hydrogen-bond acceptors (Lipinski definition) is 8. The van der Waals surface area contributed by atoms with Gasteiger partial charge in [0, 0.05) is 15.8 Å².